The van der Waals surface area contributed by atoms with Crippen LogP contribution >= 0.6 is 0 Å². The molecular formula is C16H16N4O2. The number of fused-ring (bicyclic) bond motifs is 1. The molecule has 0 saturated heterocycles. The molecule has 3 rings (SSSR count). The quantitative estimate of drug-likeness (QED) is 0.728. The Labute approximate surface area is 126 Å². The molecule has 0 radical (unpaired) electrons. The maximum atomic E-state index is 12.5. The van der Waals surface area contributed by atoms with Gasteiger partial charge in [0.15, 0.2) is 11.2 Å². The topological polar surface area (TPSA) is 61.8 Å². The number of nitrogens with zero attached hydrogens (tertiary/aromatic N) is 4. The molecule has 0 N–H and O–H groups in total. The Kier molecular flexibility index (Phi) is 3.50. The Balaban J connectivity index is 2.04. The molecule has 22 heavy (non-hydrogen) atoms. The summed E-state index contributed by atoms with van der Waals surface area (Å²) in [4.78, 5) is 28.9. The zero-order valence-corrected chi connectivity index (χ0v) is 12.4. The molecule has 0 spiro atoms. The molecule has 0 unspecified atom stereocenters. The molecule has 1 aromatic carbocycles. The molecule has 112 valence electrons. The lowest BCUT2D eigenvalue weighted by Gasteiger charge is -2.06. The van der Waals surface area contributed by atoms with E-state index in [2.05, 4.69) is 4.98 Å². The Morgan fingerprint density at radius 1 is 1.14 bits per heavy atom. The molecule has 0 aliphatic rings. The van der Waals surface area contributed by atoms with Crippen LogP contribution < -0.4 is 11.2 Å². The maximum Gasteiger partial charge on any atom is 0.332 e. The molecule has 0 amide bonds. The minimum Gasteiger partial charge on any atom is -0.328 e. The van der Waals surface area contributed by atoms with E-state index >= 15 is 0 Å². The first kappa shape index (κ1) is 14.1. The first-order valence-electron chi connectivity index (χ1n) is 6.92. The smallest absolute Gasteiger partial charge is 0.328 e. The first-order chi connectivity index (χ1) is 10.6. The van der Waals surface area contributed by atoms with E-state index in [9.17, 15) is 9.59 Å². The van der Waals surface area contributed by atoms with Crippen molar-refractivity contribution in [3.8, 4) is 0 Å². The summed E-state index contributed by atoms with van der Waals surface area (Å²) in [5.74, 6) is 0. The average Bonchev–Trinajstić information content (AvgIpc) is 2.91. The zero-order valence-electron chi connectivity index (χ0n) is 12.4. The van der Waals surface area contributed by atoms with Crippen LogP contribution in [0, 0.1) is 0 Å². The summed E-state index contributed by atoms with van der Waals surface area (Å²) in [5, 5.41) is 0. The fraction of sp³-hybridized carbons (Fsp3) is 0.188. The number of aryl methyl sites for hydroxylation is 2. The fourth-order valence-electron chi connectivity index (χ4n) is 2.42. The predicted molar refractivity (Wildman–Crippen MR) is 85.7 cm³/mol. The van der Waals surface area contributed by atoms with Crippen molar-refractivity contribution < 1.29 is 0 Å². The van der Waals surface area contributed by atoms with Crippen LogP contribution in [-0.4, -0.2) is 18.7 Å². The Morgan fingerprint density at radius 2 is 1.86 bits per heavy atom. The van der Waals surface area contributed by atoms with Crippen molar-refractivity contribution in [2.45, 2.75) is 6.54 Å². The molecule has 3 aromatic rings. The minimum absolute atomic E-state index is 0.224. The number of benzene rings is 1. The van der Waals surface area contributed by atoms with Crippen LogP contribution in [0.1, 0.15) is 5.56 Å². The van der Waals surface area contributed by atoms with Crippen molar-refractivity contribution in [1.82, 2.24) is 18.7 Å². The van der Waals surface area contributed by atoms with E-state index in [1.54, 1.807) is 24.7 Å². The number of imidazole rings is 1. The van der Waals surface area contributed by atoms with Gasteiger partial charge in [0.05, 0.1) is 6.33 Å². The third kappa shape index (κ3) is 2.28. The number of aromatic nitrogens is 4. The van der Waals surface area contributed by atoms with Crippen molar-refractivity contribution >= 4 is 17.2 Å². The molecule has 0 saturated carbocycles. The van der Waals surface area contributed by atoms with Gasteiger partial charge in [0, 0.05) is 20.6 Å². The van der Waals surface area contributed by atoms with Gasteiger partial charge in [-0.1, -0.05) is 42.5 Å². The predicted octanol–water partition coefficient (Wildman–Crippen LogP) is 1.15. The summed E-state index contributed by atoms with van der Waals surface area (Å²) in [6.07, 6.45) is 5.23. The zero-order chi connectivity index (χ0) is 15.7. The van der Waals surface area contributed by atoms with E-state index in [-0.39, 0.29) is 17.8 Å². The minimum atomic E-state index is -0.367. The van der Waals surface area contributed by atoms with Crippen LogP contribution in [0.4, 0.5) is 0 Å². The van der Waals surface area contributed by atoms with Crippen molar-refractivity contribution in [3.63, 3.8) is 0 Å². The molecule has 6 heteroatoms. The summed E-state index contributed by atoms with van der Waals surface area (Å²) < 4.78 is 4.24. The number of allylic oxidation sites excluding steroid dienone is 1. The van der Waals surface area contributed by atoms with E-state index < -0.39 is 0 Å². The molecule has 0 aliphatic heterocycles. The second-order valence-corrected chi connectivity index (χ2v) is 5.10. The van der Waals surface area contributed by atoms with Crippen molar-refractivity contribution in [2.24, 2.45) is 14.1 Å². The first-order valence-corrected chi connectivity index (χ1v) is 6.92. The normalized spacial score (nSPS) is 11.5. The van der Waals surface area contributed by atoms with E-state index in [4.69, 9.17) is 0 Å². The highest BCUT2D eigenvalue weighted by atomic mass is 16.2. The summed E-state index contributed by atoms with van der Waals surface area (Å²) in [7, 11) is 3.36. The molecule has 6 nitrogen and oxygen atoms in total. The summed E-state index contributed by atoms with van der Waals surface area (Å²) in [5.41, 5.74) is 1.16. The van der Waals surface area contributed by atoms with E-state index in [1.165, 1.54) is 15.5 Å². The lowest BCUT2D eigenvalue weighted by molar-refractivity contribution is 0.666. The van der Waals surface area contributed by atoms with Crippen molar-refractivity contribution in [2.75, 3.05) is 0 Å². The van der Waals surface area contributed by atoms with E-state index in [0.717, 1.165) is 5.56 Å². The van der Waals surface area contributed by atoms with Gasteiger partial charge in [0.1, 0.15) is 0 Å². The van der Waals surface area contributed by atoms with E-state index in [1.807, 2.05) is 36.4 Å². The number of hydrogen-bond acceptors (Lipinski definition) is 3. The number of hydrogen-bond donors (Lipinski definition) is 0. The molecule has 2 heterocycles. The van der Waals surface area contributed by atoms with Crippen LogP contribution in [0.2, 0.25) is 0 Å². The largest absolute Gasteiger partial charge is 0.332 e. The third-order valence-electron chi connectivity index (χ3n) is 3.60. The molecule has 0 fully saturated rings. The van der Waals surface area contributed by atoms with Gasteiger partial charge in [-0.15, -0.1) is 0 Å². The lowest BCUT2D eigenvalue weighted by Crippen LogP contribution is -2.39. The van der Waals surface area contributed by atoms with Gasteiger partial charge >= 0.3 is 5.69 Å². The maximum absolute atomic E-state index is 12.5. The molecule has 0 bridgehead atoms. The highest BCUT2D eigenvalue weighted by Gasteiger charge is 2.13. The van der Waals surface area contributed by atoms with Gasteiger partial charge in [0.2, 0.25) is 0 Å². The monoisotopic (exact) mass is 296 g/mol. The van der Waals surface area contributed by atoms with Gasteiger partial charge in [-0.25, -0.2) is 9.78 Å². The Bertz CT molecular complexity index is 961. The van der Waals surface area contributed by atoms with Crippen LogP contribution in [0.3, 0.4) is 0 Å². The van der Waals surface area contributed by atoms with Gasteiger partial charge in [-0.3, -0.25) is 13.9 Å². The Morgan fingerprint density at radius 3 is 2.59 bits per heavy atom. The third-order valence-corrected chi connectivity index (χ3v) is 3.60. The Hall–Kier alpha value is -2.89. The van der Waals surface area contributed by atoms with Crippen molar-refractivity contribution in [1.29, 1.82) is 0 Å². The average molecular weight is 296 g/mol. The SMILES string of the molecule is Cn1cnc2c1c(=O)n(CC=Cc1ccccc1)c(=O)n2C. The second-order valence-electron chi connectivity index (χ2n) is 5.10. The highest BCUT2D eigenvalue weighted by Crippen LogP contribution is 2.04. The molecule has 0 atom stereocenters. The van der Waals surface area contributed by atoms with Gasteiger partial charge in [-0.2, -0.15) is 0 Å². The second kappa shape index (κ2) is 5.48. The van der Waals surface area contributed by atoms with Crippen LogP contribution in [0.25, 0.3) is 17.2 Å². The summed E-state index contributed by atoms with van der Waals surface area (Å²) in [6, 6.07) is 9.73. The number of rotatable bonds is 3. The van der Waals surface area contributed by atoms with Crippen LogP contribution in [0.5, 0.6) is 0 Å². The molecular weight excluding hydrogens is 280 g/mol. The van der Waals surface area contributed by atoms with Crippen LogP contribution in [0.15, 0.2) is 52.3 Å². The fourth-order valence-corrected chi connectivity index (χ4v) is 2.42. The van der Waals surface area contributed by atoms with E-state index in [0.29, 0.717) is 11.2 Å². The van der Waals surface area contributed by atoms with Crippen LogP contribution in [-0.2, 0) is 20.6 Å². The summed E-state index contributed by atoms with van der Waals surface area (Å²) >= 11 is 0. The van der Waals surface area contributed by atoms with Gasteiger partial charge in [0.25, 0.3) is 5.56 Å². The van der Waals surface area contributed by atoms with Gasteiger partial charge < -0.3 is 4.57 Å². The lowest BCUT2D eigenvalue weighted by atomic mass is 10.2. The molecule has 2 aromatic heterocycles. The van der Waals surface area contributed by atoms with Gasteiger partial charge in [-0.05, 0) is 5.56 Å². The van der Waals surface area contributed by atoms with Crippen molar-refractivity contribution in [3.05, 3.63) is 69.1 Å². The highest BCUT2D eigenvalue weighted by molar-refractivity contribution is 5.69. The standard InChI is InChI=1S/C16H16N4O2/c1-18-11-17-14-13(18)15(21)20(16(22)19(14)2)10-6-9-12-7-4-3-5-8-12/h3-9,11H,10H2,1-2H3. The summed E-state index contributed by atoms with van der Waals surface area (Å²) in [6.45, 7) is 0.224. The molecule has 0 aliphatic carbocycles.